The van der Waals surface area contributed by atoms with Crippen LogP contribution >= 0.6 is 31.9 Å². The minimum atomic E-state index is 0.420. The van der Waals surface area contributed by atoms with Crippen LogP contribution in [0, 0.1) is 5.41 Å². The Morgan fingerprint density at radius 1 is 1.47 bits per heavy atom. The van der Waals surface area contributed by atoms with Crippen molar-refractivity contribution in [2.75, 3.05) is 7.11 Å². The second-order valence-electron chi connectivity index (χ2n) is 5.28. The predicted molar refractivity (Wildman–Crippen MR) is 79.1 cm³/mol. The first kappa shape index (κ1) is 13.4. The molecule has 0 amide bonds. The highest BCUT2D eigenvalue weighted by Crippen LogP contribution is 2.44. The van der Waals surface area contributed by atoms with Gasteiger partial charge in [-0.2, -0.15) is 0 Å². The zero-order valence-electron chi connectivity index (χ0n) is 10.3. The van der Waals surface area contributed by atoms with E-state index in [0.29, 0.717) is 10.2 Å². The molecule has 0 N–H and O–H groups in total. The molecule has 0 heterocycles. The van der Waals surface area contributed by atoms with Crippen LogP contribution in [-0.2, 0) is 6.42 Å². The third kappa shape index (κ3) is 3.25. The minimum absolute atomic E-state index is 0.420. The van der Waals surface area contributed by atoms with E-state index in [0.717, 1.165) is 12.2 Å². The van der Waals surface area contributed by atoms with Gasteiger partial charge in [0.05, 0.1) is 7.11 Å². The normalized spacial score (nSPS) is 28.4. The fourth-order valence-corrected chi connectivity index (χ4v) is 4.08. The summed E-state index contributed by atoms with van der Waals surface area (Å²) in [4.78, 5) is 0.692. The molecular formula is C14H18Br2O. The maximum Gasteiger partial charge on any atom is 0.119 e. The first-order valence-corrected chi connectivity index (χ1v) is 7.70. The van der Waals surface area contributed by atoms with Crippen LogP contribution in [0.5, 0.6) is 5.75 Å². The summed E-state index contributed by atoms with van der Waals surface area (Å²) in [5.41, 5.74) is 1.77. The Kier molecular flexibility index (Phi) is 4.19. The molecule has 1 aromatic carbocycles. The standard InChI is InChI=1S/C14H18Br2O/c1-14(6-5-11(15)9-14)8-10-7-12(17-2)3-4-13(10)16/h3-4,7,11H,5-6,8-9H2,1-2H3. The van der Waals surface area contributed by atoms with Crippen LogP contribution in [0.25, 0.3) is 0 Å². The molecular weight excluding hydrogens is 344 g/mol. The van der Waals surface area contributed by atoms with E-state index in [1.54, 1.807) is 7.11 Å². The molecule has 17 heavy (non-hydrogen) atoms. The second-order valence-corrected chi connectivity index (χ2v) is 7.43. The van der Waals surface area contributed by atoms with Crippen LogP contribution in [0.4, 0.5) is 0 Å². The van der Waals surface area contributed by atoms with E-state index in [4.69, 9.17) is 4.74 Å². The molecule has 1 saturated carbocycles. The lowest BCUT2D eigenvalue weighted by Crippen LogP contribution is -2.16. The minimum Gasteiger partial charge on any atom is -0.497 e. The fourth-order valence-electron chi connectivity index (χ4n) is 2.68. The highest BCUT2D eigenvalue weighted by atomic mass is 79.9. The van der Waals surface area contributed by atoms with Crippen molar-refractivity contribution >= 4 is 31.9 Å². The average molecular weight is 362 g/mol. The number of halogens is 2. The van der Waals surface area contributed by atoms with Gasteiger partial charge in [-0.15, -0.1) is 0 Å². The maximum atomic E-state index is 5.30. The first-order chi connectivity index (χ1) is 8.02. The molecule has 2 atom stereocenters. The highest BCUT2D eigenvalue weighted by Gasteiger charge is 2.34. The van der Waals surface area contributed by atoms with E-state index in [1.165, 1.54) is 29.3 Å². The van der Waals surface area contributed by atoms with E-state index < -0.39 is 0 Å². The molecule has 2 unspecified atom stereocenters. The average Bonchev–Trinajstić information content (AvgIpc) is 2.62. The molecule has 3 heteroatoms. The quantitative estimate of drug-likeness (QED) is 0.692. The molecule has 0 spiro atoms. The molecule has 1 nitrogen and oxygen atoms in total. The molecule has 0 saturated heterocycles. The Hall–Kier alpha value is -0.0200. The molecule has 1 aromatic rings. The molecule has 1 aliphatic carbocycles. The van der Waals surface area contributed by atoms with Gasteiger partial charge in [0.25, 0.3) is 0 Å². The lowest BCUT2D eigenvalue weighted by molar-refractivity contribution is 0.334. The third-order valence-corrected chi connectivity index (χ3v) is 5.20. The molecule has 0 radical (unpaired) electrons. The number of ether oxygens (including phenoxy) is 1. The van der Waals surface area contributed by atoms with Crippen molar-refractivity contribution in [1.29, 1.82) is 0 Å². The van der Waals surface area contributed by atoms with Crippen LogP contribution in [0.15, 0.2) is 22.7 Å². The smallest absolute Gasteiger partial charge is 0.119 e. The van der Waals surface area contributed by atoms with Crippen molar-refractivity contribution < 1.29 is 4.74 Å². The Morgan fingerprint density at radius 3 is 2.82 bits per heavy atom. The van der Waals surface area contributed by atoms with Gasteiger partial charge in [-0.3, -0.25) is 0 Å². The number of benzene rings is 1. The predicted octanol–water partition coefficient (Wildman–Crippen LogP) is 4.95. The summed E-state index contributed by atoms with van der Waals surface area (Å²) in [6, 6.07) is 6.23. The van der Waals surface area contributed by atoms with E-state index >= 15 is 0 Å². The summed E-state index contributed by atoms with van der Waals surface area (Å²) in [6.45, 7) is 2.39. The molecule has 94 valence electrons. The van der Waals surface area contributed by atoms with Gasteiger partial charge in [-0.25, -0.2) is 0 Å². The summed E-state index contributed by atoms with van der Waals surface area (Å²) < 4.78 is 6.49. The van der Waals surface area contributed by atoms with Crippen LogP contribution in [0.1, 0.15) is 31.7 Å². The lowest BCUT2D eigenvalue weighted by atomic mass is 9.82. The van der Waals surface area contributed by atoms with Gasteiger partial charge in [0.2, 0.25) is 0 Å². The summed E-state index contributed by atoms with van der Waals surface area (Å²) >= 11 is 7.38. The van der Waals surface area contributed by atoms with Gasteiger partial charge in [0.15, 0.2) is 0 Å². The molecule has 2 rings (SSSR count). The molecule has 0 bridgehead atoms. The summed E-state index contributed by atoms with van der Waals surface area (Å²) in [5, 5.41) is 0. The van der Waals surface area contributed by atoms with E-state index in [2.05, 4.69) is 50.9 Å². The number of alkyl halides is 1. The van der Waals surface area contributed by atoms with Gasteiger partial charge in [-0.1, -0.05) is 38.8 Å². The van der Waals surface area contributed by atoms with Gasteiger partial charge < -0.3 is 4.74 Å². The van der Waals surface area contributed by atoms with Gasteiger partial charge in [-0.05, 0) is 54.9 Å². The largest absolute Gasteiger partial charge is 0.497 e. The number of hydrogen-bond donors (Lipinski definition) is 0. The van der Waals surface area contributed by atoms with E-state index in [-0.39, 0.29) is 0 Å². The van der Waals surface area contributed by atoms with Crippen LogP contribution < -0.4 is 4.74 Å². The Bertz CT molecular complexity index is 405. The zero-order valence-corrected chi connectivity index (χ0v) is 13.5. The number of hydrogen-bond acceptors (Lipinski definition) is 1. The Labute approximate surface area is 120 Å². The van der Waals surface area contributed by atoms with Gasteiger partial charge >= 0.3 is 0 Å². The van der Waals surface area contributed by atoms with Crippen LogP contribution in [0.2, 0.25) is 0 Å². The van der Waals surface area contributed by atoms with Gasteiger partial charge in [0.1, 0.15) is 5.75 Å². The van der Waals surface area contributed by atoms with Crippen molar-refractivity contribution in [3.8, 4) is 5.75 Å². The first-order valence-electron chi connectivity index (χ1n) is 5.99. The number of rotatable bonds is 3. The van der Waals surface area contributed by atoms with Crippen molar-refractivity contribution in [3.05, 3.63) is 28.2 Å². The molecule has 0 aromatic heterocycles. The van der Waals surface area contributed by atoms with Crippen molar-refractivity contribution in [2.45, 2.75) is 37.4 Å². The molecule has 1 fully saturated rings. The second kappa shape index (κ2) is 5.31. The van der Waals surface area contributed by atoms with Crippen molar-refractivity contribution in [2.24, 2.45) is 5.41 Å². The third-order valence-electron chi connectivity index (χ3n) is 3.65. The summed E-state index contributed by atoms with van der Waals surface area (Å²) in [6.07, 6.45) is 4.97. The number of methoxy groups -OCH3 is 1. The van der Waals surface area contributed by atoms with Crippen LogP contribution in [0.3, 0.4) is 0 Å². The summed E-state index contributed by atoms with van der Waals surface area (Å²) in [5.74, 6) is 0.945. The van der Waals surface area contributed by atoms with Crippen molar-refractivity contribution in [1.82, 2.24) is 0 Å². The molecule has 1 aliphatic rings. The van der Waals surface area contributed by atoms with E-state index in [9.17, 15) is 0 Å². The highest BCUT2D eigenvalue weighted by molar-refractivity contribution is 9.10. The SMILES string of the molecule is COc1ccc(Br)c(CC2(C)CCC(Br)C2)c1. The zero-order chi connectivity index (χ0) is 12.5. The topological polar surface area (TPSA) is 9.23 Å². The monoisotopic (exact) mass is 360 g/mol. The van der Waals surface area contributed by atoms with Crippen molar-refractivity contribution in [3.63, 3.8) is 0 Å². The molecule has 0 aliphatic heterocycles. The Balaban J connectivity index is 2.17. The Morgan fingerprint density at radius 2 is 2.24 bits per heavy atom. The maximum absolute atomic E-state index is 5.30. The van der Waals surface area contributed by atoms with E-state index in [1.807, 2.05) is 6.07 Å². The van der Waals surface area contributed by atoms with Gasteiger partial charge in [0, 0.05) is 9.30 Å². The van der Waals surface area contributed by atoms with Crippen LogP contribution in [-0.4, -0.2) is 11.9 Å². The fraction of sp³-hybridized carbons (Fsp3) is 0.571. The lowest BCUT2D eigenvalue weighted by Gasteiger charge is -2.24. The summed E-state index contributed by atoms with van der Waals surface area (Å²) in [7, 11) is 1.72.